The van der Waals surface area contributed by atoms with Crippen LogP contribution in [0.1, 0.15) is 156 Å². The van der Waals surface area contributed by atoms with Crippen LogP contribution in [0.5, 0.6) is 0 Å². The van der Waals surface area contributed by atoms with Gasteiger partial charge in [-0.3, -0.25) is 52.8 Å². The first-order chi connectivity index (χ1) is 65.4. The minimum Gasteiger partial charge on any atom is -0.367 e. The number of carbonyl (C=O) groups is 10. The van der Waals surface area contributed by atoms with E-state index in [9.17, 15) is 47.9 Å². The number of Topliss-reactive ketones (excluding diaryl/α,β-unsaturated/α-hetero) is 10. The maximum atomic E-state index is 13.4. The topological polar surface area (TPSA) is 257 Å². The Labute approximate surface area is 810 Å². The van der Waals surface area contributed by atoms with Crippen molar-refractivity contribution >= 4 is 144 Å². The molecule has 5 aliphatic carbocycles. The Morgan fingerprint density at radius 2 is 0.422 bits per heavy atom. The number of ketones is 10. The Morgan fingerprint density at radius 1 is 0.237 bits per heavy atom. The SMILES string of the molecule is CC(C)N1CCN(C2=C(Nc3ccc(Cl)cc3)C(=O)c3ccccc3C2=O)CC1.CCN1CCN(C2=C(Nc3ccc(Cl)cc3)C(=O)c3ccccc3C2=O)CC1.CN1CCN(C2=C(Nc3ccc(Cl)cc3)C(=O)c3ccccc3C2=O)CC1.O=C1C(Nc2ccc(Cl)cc2)=C(N2CCCC2)C(=O)c2ccccc21.O=C1C(Nc2ccc(Cl)cc2)=C(N2CCCCC2)C(=O)c2ccccc21. The summed E-state index contributed by atoms with van der Waals surface area (Å²) in [5.74, 6) is -1.24. The fourth-order valence-corrected chi connectivity index (χ4v) is 18.8. The maximum absolute atomic E-state index is 13.4. The summed E-state index contributed by atoms with van der Waals surface area (Å²) in [6.07, 6.45) is 5.27. The van der Waals surface area contributed by atoms with E-state index in [-0.39, 0.29) is 57.8 Å². The van der Waals surface area contributed by atoms with Crippen LogP contribution in [0.3, 0.4) is 0 Å². The number of piperazine rings is 3. The number of anilines is 5. The molecule has 5 saturated heterocycles. The quantitative estimate of drug-likeness (QED) is 0.0568. The summed E-state index contributed by atoms with van der Waals surface area (Å²) in [4.78, 5) is 149. The van der Waals surface area contributed by atoms with Crippen molar-refractivity contribution in [3.63, 3.8) is 0 Å². The zero-order chi connectivity index (χ0) is 94.7. The first kappa shape index (κ1) is 95.1. The maximum Gasteiger partial charge on any atom is 0.212 e. The average Bonchev–Trinajstić information content (AvgIpc) is 1.65. The van der Waals surface area contributed by atoms with Gasteiger partial charge in [0.05, 0.1) is 0 Å². The van der Waals surface area contributed by atoms with Crippen LogP contribution in [0.15, 0.2) is 300 Å². The van der Waals surface area contributed by atoms with Crippen molar-refractivity contribution in [2.75, 3.05) is 145 Å². The molecule has 5 fully saturated rings. The second kappa shape index (κ2) is 43.1. The lowest BCUT2D eigenvalue weighted by atomic mass is 9.89. The highest BCUT2D eigenvalue weighted by Gasteiger charge is 2.43. The molecule has 0 saturated carbocycles. The number of fused-ring (bicyclic) bond motifs is 5. The molecule has 135 heavy (non-hydrogen) atoms. The third-order valence-corrected chi connectivity index (χ3v) is 26.7. The largest absolute Gasteiger partial charge is 0.367 e. The summed E-state index contributed by atoms with van der Waals surface area (Å²) in [5.41, 5.74) is 12.4. The van der Waals surface area contributed by atoms with Gasteiger partial charge in [-0.05, 0) is 181 Å². The highest BCUT2D eigenvalue weighted by atomic mass is 35.5. The zero-order valence-corrected chi connectivity index (χ0v) is 79.1. The third-order valence-electron chi connectivity index (χ3n) is 25.5. The van der Waals surface area contributed by atoms with E-state index in [1.807, 2.05) is 31.7 Å². The summed E-state index contributed by atoms with van der Waals surface area (Å²) >= 11 is 29.8. The smallest absolute Gasteiger partial charge is 0.212 e. The van der Waals surface area contributed by atoms with Crippen LogP contribution in [0.25, 0.3) is 0 Å². The number of rotatable bonds is 17. The predicted octanol–water partition coefficient (Wildman–Crippen LogP) is 19.7. The molecule has 23 nitrogen and oxygen atoms in total. The highest BCUT2D eigenvalue weighted by molar-refractivity contribution is 6.34. The number of nitrogens with zero attached hydrogens (tertiary/aromatic N) is 8. The summed E-state index contributed by atoms with van der Waals surface area (Å²) in [5, 5.41) is 19.0. The molecule has 10 aromatic carbocycles. The Kier molecular flexibility index (Phi) is 30.3. The fraction of sp³-hybridized carbons (Fsp3) is 0.252. The summed E-state index contributed by atoms with van der Waals surface area (Å²) < 4.78 is 0. The van der Waals surface area contributed by atoms with Gasteiger partial charge in [-0.1, -0.05) is 186 Å². The molecule has 20 rings (SSSR count). The number of likely N-dealkylation sites (tertiary alicyclic amines) is 2. The van der Waals surface area contributed by atoms with Crippen molar-refractivity contribution < 1.29 is 47.9 Å². The summed E-state index contributed by atoms with van der Waals surface area (Å²) in [7, 11) is 2.06. The van der Waals surface area contributed by atoms with Crippen LogP contribution in [0.2, 0.25) is 25.1 Å². The van der Waals surface area contributed by atoms with Gasteiger partial charge in [-0.15, -0.1) is 0 Å². The molecule has 0 amide bonds. The molecule has 0 spiro atoms. The lowest BCUT2D eigenvalue weighted by Gasteiger charge is -2.40. The van der Waals surface area contributed by atoms with Crippen molar-refractivity contribution in [2.45, 2.75) is 58.9 Å². The molecular weight excluding hydrogens is 1800 g/mol. The van der Waals surface area contributed by atoms with Gasteiger partial charge >= 0.3 is 0 Å². The summed E-state index contributed by atoms with van der Waals surface area (Å²) in [6, 6.07) is 71.2. The van der Waals surface area contributed by atoms with Crippen LogP contribution >= 0.6 is 58.0 Å². The van der Waals surface area contributed by atoms with Gasteiger partial charge < -0.3 is 60.9 Å². The Morgan fingerprint density at radius 3 is 0.630 bits per heavy atom. The summed E-state index contributed by atoms with van der Waals surface area (Å²) in [6.45, 7) is 20.1. The Bertz CT molecular complexity index is 6420. The molecule has 0 aromatic heterocycles. The lowest BCUT2D eigenvalue weighted by molar-refractivity contribution is 0.0882. The van der Waals surface area contributed by atoms with Crippen molar-refractivity contribution in [1.82, 2.24) is 39.2 Å². The molecule has 5 N–H and O–H groups in total. The molecule has 10 aromatic rings. The van der Waals surface area contributed by atoms with E-state index in [1.54, 1.807) is 231 Å². The van der Waals surface area contributed by atoms with Crippen LogP contribution in [-0.2, 0) is 0 Å². The standard InChI is InChI=1S/C23H24ClN3O2.C22H22ClN3O2.C21H20ClN3O2.C21H19ClN2O2.C20H17ClN2O2/c1-15(2)26-11-13-27(14-12-26)21-20(25-17-9-7-16(24)8-10-17)22(28)18-5-3-4-6-19(18)23(21)29;1-2-25-11-13-26(14-12-25)20-19(24-16-9-7-15(23)8-10-16)21(27)17-5-3-4-6-18(17)22(20)28;1-24-10-12-25(13-11-24)19-18(23-15-8-6-14(22)7-9-15)20(26)16-4-2-3-5-17(16)21(19)27;22-14-8-10-15(11-9-14)23-18-19(24-12-4-1-5-13-24)21(26)17-7-3-2-6-16(17)20(18)25;21-13-7-9-14(10-8-13)22-17-18(23-11-3-4-12-23)20(25)16-6-2-1-5-15(16)19(17)24/h3-10,15,25H,11-14H2,1-2H3;3-10,24H,2,11-14H2,1H3;2-9,23H,10-13H2,1H3;2-3,6-11,23H,1,4-5,12-13H2;1-2,5-10,22H,3-4,11-12H2. The van der Waals surface area contributed by atoms with Crippen molar-refractivity contribution in [2.24, 2.45) is 0 Å². The monoisotopic (exact) mass is 1900 g/mol. The van der Waals surface area contributed by atoms with E-state index in [4.69, 9.17) is 58.0 Å². The van der Waals surface area contributed by atoms with E-state index in [0.29, 0.717) is 170 Å². The number of piperidine rings is 1. The average molecular weight is 1910 g/mol. The zero-order valence-electron chi connectivity index (χ0n) is 75.3. The normalized spacial score (nSPS) is 17.6. The van der Waals surface area contributed by atoms with Gasteiger partial charge in [0.1, 0.15) is 57.0 Å². The predicted molar refractivity (Wildman–Crippen MR) is 533 cm³/mol. The molecule has 0 radical (unpaired) electrons. The lowest BCUT2D eigenvalue weighted by Crippen LogP contribution is -2.50. The van der Waals surface area contributed by atoms with Crippen molar-refractivity contribution in [3.8, 4) is 0 Å². The van der Waals surface area contributed by atoms with Crippen molar-refractivity contribution in [3.05, 3.63) is 380 Å². The number of halogens is 5. The van der Waals surface area contributed by atoms with Gasteiger partial charge in [0.2, 0.25) is 57.8 Å². The van der Waals surface area contributed by atoms with Gasteiger partial charge in [-0.25, -0.2) is 0 Å². The molecule has 5 heterocycles. The molecule has 10 aliphatic rings. The van der Waals surface area contributed by atoms with Gasteiger partial charge in [0.25, 0.3) is 0 Å². The number of benzene rings is 10. The number of allylic oxidation sites excluding steroid dienone is 10. The minimum atomic E-state index is -0.158. The first-order valence-electron chi connectivity index (χ1n) is 45.5. The minimum absolute atomic E-state index is 0.0847. The molecule has 0 unspecified atom stereocenters. The second-order valence-corrected chi connectivity index (χ2v) is 36.5. The molecule has 28 heteroatoms. The first-order valence-corrected chi connectivity index (χ1v) is 47.4. The van der Waals surface area contributed by atoms with Crippen molar-refractivity contribution in [1.29, 1.82) is 0 Å². The van der Waals surface area contributed by atoms with Gasteiger partial charge in [0.15, 0.2) is 0 Å². The van der Waals surface area contributed by atoms with Gasteiger partial charge in [0, 0.05) is 220 Å². The van der Waals surface area contributed by atoms with Crippen LogP contribution in [0, 0.1) is 0 Å². The van der Waals surface area contributed by atoms with Gasteiger partial charge in [-0.2, -0.15) is 0 Å². The number of hydrogen-bond donors (Lipinski definition) is 5. The molecule has 0 bridgehead atoms. The highest BCUT2D eigenvalue weighted by Crippen LogP contribution is 2.39. The van der Waals surface area contributed by atoms with E-state index < -0.39 is 0 Å². The molecule has 690 valence electrons. The second-order valence-electron chi connectivity index (χ2n) is 34.4. The number of nitrogens with one attached hydrogen (secondary N) is 5. The number of hydrogen-bond acceptors (Lipinski definition) is 23. The molecule has 5 aliphatic heterocycles. The Balaban J connectivity index is 0.000000123. The van der Waals surface area contributed by atoms with E-state index in [1.165, 1.54) is 0 Å². The number of carbonyl (C=O) groups excluding carboxylic acids is 10. The molecule has 0 atom stereocenters. The third kappa shape index (κ3) is 21.4. The molecular formula is C107H102Cl5N13O10. The Hall–Kier alpha value is -13.1. The van der Waals surface area contributed by atoms with Crippen LogP contribution in [-0.4, -0.2) is 221 Å². The van der Waals surface area contributed by atoms with Crippen LogP contribution < -0.4 is 26.6 Å². The van der Waals surface area contributed by atoms with E-state index in [2.05, 4.69) is 74.0 Å². The fourth-order valence-electron chi connectivity index (χ4n) is 18.1. The number of likely N-dealkylation sites (N-methyl/N-ethyl adjacent to an activating group) is 2. The van der Waals surface area contributed by atoms with E-state index >= 15 is 0 Å². The van der Waals surface area contributed by atoms with E-state index in [0.717, 1.165) is 146 Å². The van der Waals surface area contributed by atoms with Crippen LogP contribution in [0.4, 0.5) is 28.4 Å².